The van der Waals surface area contributed by atoms with Crippen molar-refractivity contribution in [3.8, 4) is 5.75 Å². The van der Waals surface area contributed by atoms with E-state index in [-0.39, 0.29) is 23.8 Å². The van der Waals surface area contributed by atoms with Crippen LogP contribution in [0.3, 0.4) is 0 Å². The average molecular weight is 548 g/mol. The Bertz CT molecular complexity index is 1180. The smallest absolute Gasteiger partial charge is 0.408 e. The fourth-order valence-corrected chi connectivity index (χ4v) is 4.60. The molecule has 2 fully saturated rings. The van der Waals surface area contributed by atoms with E-state index in [9.17, 15) is 45.1 Å². The molecule has 0 radical (unpaired) electrons. The summed E-state index contributed by atoms with van der Waals surface area (Å²) < 4.78 is 10.3. The molecule has 210 valence electrons. The highest BCUT2D eigenvalue weighted by atomic mass is 16.6. The second-order valence-corrected chi connectivity index (χ2v) is 9.41. The Balaban J connectivity index is 1.52. The lowest BCUT2D eigenvalue weighted by Gasteiger charge is -2.46. The minimum absolute atomic E-state index is 0.0350. The van der Waals surface area contributed by atoms with Gasteiger partial charge in [0.05, 0.1) is 12.6 Å². The Labute approximate surface area is 222 Å². The minimum atomic E-state index is -2.29. The number of aliphatic carboxylic acids is 1. The number of nitrogens with zero attached hydrogens (tertiary/aromatic N) is 1. The number of hydroxylamine groups is 2. The molecule has 2 bridgehead atoms. The topological polar surface area (TPSA) is 218 Å². The number of fused-ring (bicyclic) bond motifs is 2. The van der Waals surface area contributed by atoms with Crippen molar-refractivity contribution in [3.63, 3.8) is 0 Å². The number of ether oxygens (including phenoxy) is 2. The average Bonchev–Trinajstić information content (AvgIpc) is 3.17. The number of phenols is 1. The Hall–Kier alpha value is -3.79. The molecule has 0 saturated carbocycles. The molecule has 0 spiro atoms. The third-order valence-corrected chi connectivity index (χ3v) is 6.77. The normalized spacial score (nSPS) is 27.8. The van der Waals surface area contributed by atoms with Crippen molar-refractivity contribution in [1.29, 1.82) is 0 Å². The molecule has 2 amide bonds. The maximum atomic E-state index is 13.3. The van der Waals surface area contributed by atoms with Crippen molar-refractivity contribution in [2.75, 3.05) is 6.61 Å². The van der Waals surface area contributed by atoms with Gasteiger partial charge in [-0.1, -0.05) is 42.5 Å². The quantitative estimate of drug-likeness (QED) is 0.183. The van der Waals surface area contributed by atoms with E-state index >= 15 is 0 Å². The van der Waals surface area contributed by atoms with Gasteiger partial charge in [-0.25, -0.2) is 9.59 Å². The van der Waals surface area contributed by atoms with Crippen molar-refractivity contribution < 1.29 is 54.6 Å². The monoisotopic (exact) mass is 547 g/mol. The number of carbonyl (C=O) groups is 3. The van der Waals surface area contributed by atoms with Gasteiger partial charge in [-0.05, 0) is 23.3 Å². The molecule has 2 aromatic carbocycles. The van der Waals surface area contributed by atoms with E-state index in [0.29, 0.717) is 11.1 Å². The lowest BCUT2D eigenvalue weighted by molar-refractivity contribution is -0.298. The summed E-state index contributed by atoms with van der Waals surface area (Å²) in [6.07, 6.45) is -6.47. The van der Waals surface area contributed by atoms with E-state index in [1.54, 1.807) is 30.3 Å². The van der Waals surface area contributed by atoms with E-state index in [0.717, 1.165) is 0 Å². The summed E-state index contributed by atoms with van der Waals surface area (Å²) in [6.45, 7) is -0.694. The van der Waals surface area contributed by atoms with E-state index in [1.807, 2.05) is 0 Å². The summed E-state index contributed by atoms with van der Waals surface area (Å²) in [5.74, 6) is -2.73. The second-order valence-electron chi connectivity index (χ2n) is 9.41. The van der Waals surface area contributed by atoms with Gasteiger partial charge in [-0.15, -0.1) is 0 Å². The third-order valence-electron chi connectivity index (χ3n) is 6.77. The number of piperidine rings is 1. The van der Waals surface area contributed by atoms with Crippen LogP contribution in [0.2, 0.25) is 0 Å². The molecular weight excluding hydrogens is 518 g/mol. The molecule has 0 aliphatic carbocycles. The van der Waals surface area contributed by atoms with Gasteiger partial charge >= 0.3 is 12.1 Å². The highest BCUT2D eigenvalue weighted by molar-refractivity contribution is 5.90. The zero-order valence-corrected chi connectivity index (χ0v) is 20.5. The van der Waals surface area contributed by atoms with Gasteiger partial charge in [0.2, 0.25) is 5.91 Å². The zero-order chi connectivity index (χ0) is 28.3. The van der Waals surface area contributed by atoms with Crippen LogP contribution in [0.4, 0.5) is 4.79 Å². The Morgan fingerprint density at radius 1 is 1.03 bits per heavy atom. The molecule has 0 aromatic heterocycles. The number of carboxylic acid groups (broad SMARTS) is 1. The maximum absolute atomic E-state index is 13.3. The molecule has 14 heteroatoms. The molecule has 1 unspecified atom stereocenters. The lowest BCUT2D eigenvalue weighted by atomic mass is 9.81. The molecule has 2 aliphatic rings. The number of amides is 2. The van der Waals surface area contributed by atoms with E-state index in [2.05, 4.69) is 10.6 Å². The summed E-state index contributed by atoms with van der Waals surface area (Å²) in [6, 6.07) is 9.22. The fourth-order valence-electron chi connectivity index (χ4n) is 4.60. The van der Waals surface area contributed by atoms with Crippen LogP contribution in [0, 0.1) is 0 Å². The van der Waals surface area contributed by atoms with E-state index < -0.39 is 66.7 Å². The number of carboxylic acids is 1. The van der Waals surface area contributed by atoms with E-state index in [1.165, 1.54) is 24.3 Å². The van der Waals surface area contributed by atoms with Gasteiger partial charge in [-0.3, -0.25) is 4.79 Å². The van der Waals surface area contributed by atoms with Crippen LogP contribution in [0.5, 0.6) is 5.75 Å². The van der Waals surface area contributed by atoms with Crippen LogP contribution in [0.1, 0.15) is 11.1 Å². The first-order valence-corrected chi connectivity index (χ1v) is 12.0. The van der Waals surface area contributed by atoms with E-state index in [4.69, 9.17) is 9.47 Å². The number of aromatic hydroxyl groups is 1. The second kappa shape index (κ2) is 11.5. The summed E-state index contributed by atoms with van der Waals surface area (Å²) >= 11 is 0. The molecular formula is C25H29N3O11. The number of phenolic OH excluding ortho intramolecular Hbond substituents is 1. The number of alkyl carbamates (subject to hydrolysis) is 1. The van der Waals surface area contributed by atoms with Crippen LogP contribution in [0.15, 0.2) is 54.6 Å². The SMILES string of the molecule is O=C(N[C@@H](Cc1ccc(O)cc1)C(=O)NC(C(=O)O)[C@H]1[C@H](O)[C@]2(O)CO[C@@H]([C@@H]2O)N1O)OCc1ccccc1. The van der Waals surface area contributed by atoms with Crippen molar-refractivity contribution in [2.24, 2.45) is 0 Å². The van der Waals surface area contributed by atoms with Crippen LogP contribution < -0.4 is 10.6 Å². The molecule has 14 nitrogen and oxygen atoms in total. The number of aliphatic hydroxyl groups is 3. The van der Waals surface area contributed by atoms with Crippen molar-refractivity contribution >= 4 is 18.0 Å². The van der Waals surface area contributed by atoms with Gasteiger partial charge in [0.25, 0.3) is 0 Å². The predicted octanol–water partition coefficient (Wildman–Crippen LogP) is -1.32. The van der Waals surface area contributed by atoms with Gasteiger partial charge in [0, 0.05) is 6.42 Å². The highest BCUT2D eigenvalue weighted by Crippen LogP contribution is 2.38. The molecule has 8 N–H and O–H groups in total. The van der Waals surface area contributed by atoms with Crippen molar-refractivity contribution in [2.45, 2.75) is 55.2 Å². The predicted molar refractivity (Wildman–Crippen MR) is 129 cm³/mol. The molecule has 7 atom stereocenters. The standard InChI is InChI=1S/C25H29N3O11/c29-15-8-6-13(7-9-15)10-16(26-24(35)38-11-14-4-2-1-3-5-14)21(32)27-17(23(33)34)18-19(30)25(36)12-39-22(20(25)31)28(18)37/h1-9,16-20,22,29-31,36-37H,10-12H2,(H,26,35)(H,27,32)(H,33,34)/t16-,17?,18-,19-,20-,22-,25+/m0/s1. The van der Waals surface area contributed by atoms with Gasteiger partial charge in [0.15, 0.2) is 6.23 Å². The van der Waals surface area contributed by atoms with Crippen molar-refractivity contribution in [3.05, 3.63) is 65.7 Å². The number of nitrogens with one attached hydrogen (secondary N) is 2. The van der Waals surface area contributed by atoms with Crippen LogP contribution in [0.25, 0.3) is 0 Å². The third kappa shape index (κ3) is 5.95. The maximum Gasteiger partial charge on any atom is 0.408 e. The fraction of sp³-hybridized carbons (Fsp3) is 0.400. The number of rotatable bonds is 9. The molecule has 2 heterocycles. The highest BCUT2D eigenvalue weighted by Gasteiger charge is 2.65. The molecule has 2 aromatic rings. The summed E-state index contributed by atoms with van der Waals surface area (Å²) in [5.41, 5.74) is -1.12. The van der Waals surface area contributed by atoms with Gasteiger partial charge in [0.1, 0.15) is 42.2 Å². The molecule has 2 saturated heterocycles. The first-order chi connectivity index (χ1) is 18.5. The summed E-state index contributed by atoms with van der Waals surface area (Å²) in [7, 11) is 0. The number of carbonyl (C=O) groups excluding carboxylic acids is 2. The number of benzene rings is 2. The number of aliphatic hydroxyl groups excluding tert-OH is 2. The minimum Gasteiger partial charge on any atom is -0.508 e. The Kier molecular flexibility index (Phi) is 8.34. The van der Waals surface area contributed by atoms with Crippen LogP contribution >= 0.6 is 0 Å². The summed E-state index contributed by atoms with van der Waals surface area (Å²) in [4.78, 5) is 38.0. The van der Waals surface area contributed by atoms with Gasteiger partial charge < -0.3 is 50.8 Å². The van der Waals surface area contributed by atoms with Crippen molar-refractivity contribution in [1.82, 2.24) is 15.7 Å². The van der Waals surface area contributed by atoms with Crippen LogP contribution in [-0.2, 0) is 32.1 Å². The van der Waals surface area contributed by atoms with Gasteiger partial charge in [-0.2, -0.15) is 5.06 Å². The molecule has 39 heavy (non-hydrogen) atoms. The first-order valence-electron chi connectivity index (χ1n) is 12.0. The Morgan fingerprint density at radius 2 is 1.69 bits per heavy atom. The Morgan fingerprint density at radius 3 is 2.33 bits per heavy atom. The number of hydrogen-bond acceptors (Lipinski definition) is 11. The largest absolute Gasteiger partial charge is 0.508 e. The molecule has 4 rings (SSSR count). The zero-order valence-electron chi connectivity index (χ0n) is 20.5. The van der Waals surface area contributed by atoms with Crippen LogP contribution in [-0.4, -0.2) is 103 Å². The number of hydrogen-bond donors (Lipinski definition) is 8. The molecule has 2 aliphatic heterocycles. The lowest BCUT2D eigenvalue weighted by Crippen LogP contribution is -2.74. The first kappa shape index (κ1) is 28.2. The summed E-state index contributed by atoms with van der Waals surface area (Å²) in [5, 5.41) is 66.3.